The fraction of sp³-hybridized carbons (Fsp3) is 0.250. The van der Waals surface area contributed by atoms with Crippen LogP contribution in [0, 0.1) is 0 Å². The van der Waals surface area contributed by atoms with E-state index in [0.717, 1.165) is 0 Å². The molecule has 0 fully saturated rings. The van der Waals surface area contributed by atoms with Gasteiger partial charge in [0, 0.05) is 5.02 Å². The predicted octanol–water partition coefficient (Wildman–Crippen LogP) is 3.78. The number of hydrogen-bond donors (Lipinski definition) is 1. The number of hydrogen-bond acceptors (Lipinski definition) is 1. The average Bonchev–Trinajstić information content (AvgIpc) is 2.04. The molecule has 1 aromatic carbocycles. The molecule has 0 amide bonds. The Morgan fingerprint density at radius 2 is 1.46 bits per heavy atom. The molecule has 0 saturated heterocycles. The van der Waals surface area contributed by atoms with Gasteiger partial charge in [-0.3, -0.25) is 0 Å². The van der Waals surface area contributed by atoms with Crippen LogP contribution in [-0.4, -0.2) is 6.43 Å². The molecule has 0 aromatic heterocycles. The maximum absolute atomic E-state index is 12.6. The van der Waals surface area contributed by atoms with Crippen LogP contribution >= 0.6 is 11.6 Å². The SMILES string of the molecule is FC(F)[C@H](F)c1ccc(Cl)cc1.N. The first-order chi connectivity index (χ1) is 5.61. The van der Waals surface area contributed by atoms with Crippen molar-refractivity contribution in [3.8, 4) is 0 Å². The third-order valence-electron chi connectivity index (χ3n) is 1.41. The van der Waals surface area contributed by atoms with Gasteiger partial charge in [0.05, 0.1) is 0 Å². The fourth-order valence-electron chi connectivity index (χ4n) is 0.792. The van der Waals surface area contributed by atoms with Crippen molar-refractivity contribution in [1.29, 1.82) is 0 Å². The van der Waals surface area contributed by atoms with E-state index in [9.17, 15) is 13.2 Å². The minimum atomic E-state index is -2.98. The zero-order chi connectivity index (χ0) is 9.14. The summed E-state index contributed by atoms with van der Waals surface area (Å²) < 4.78 is 36.2. The van der Waals surface area contributed by atoms with E-state index >= 15 is 0 Å². The molecule has 0 aliphatic heterocycles. The highest BCUT2D eigenvalue weighted by Crippen LogP contribution is 2.25. The third kappa shape index (κ3) is 3.24. The highest BCUT2D eigenvalue weighted by atomic mass is 35.5. The highest BCUT2D eigenvalue weighted by Gasteiger charge is 2.20. The molecule has 0 aliphatic carbocycles. The van der Waals surface area contributed by atoms with Gasteiger partial charge in [0.2, 0.25) is 0 Å². The Bertz CT molecular complexity index is 250. The lowest BCUT2D eigenvalue weighted by atomic mass is 10.1. The lowest BCUT2D eigenvalue weighted by Crippen LogP contribution is -2.02. The van der Waals surface area contributed by atoms with Crippen molar-refractivity contribution in [3.63, 3.8) is 0 Å². The first kappa shape index (κ1) is 12.3. The molecule has 1 atom stereocenters. The van der Waals surface area contributed by atoms with Crippen LogP contribution in [0.15, 0.2) is 24.3 Å². The second-order valence-electron chi connectivity index (χ2n) is 2.29. The van der Waals surface area contributed by atoms with Crippen LogP contribution in [0.4, 0.5) is 13.2 Å². The standard InChI is InChI=1S/C8H6ClF3.H3N/c9-6-3-1-5(2-4-6)7(10)8(11)12;/h1-4,7-8H;1H3/t7-;/m1./s1. The monoisotopic (exact) mass is 211 g/mol. The van der Waals surface area contributed by atoms with E-state index in [1.807, 2.05) is 0 Å². The first-order valence-corrected chi connectivity index (χ1v) is 3.66. The molecule has 13 heavy (non-hydrogen) atoms. The van der Waals surface area contributed by atoms with Crippen LogP contribution in [0.2, 0.25) is 5.02 Å². The zero-order valence-corrected chi connectivity index (χ0v) is 7.44. The largest absolute Gasteiger partial charge is 0.344 e. The Kier molecular flexibility index (Phi) is 4.80. The molecule has 0 spiro atoms. The van der Waals surface area contributed by atoms with Gasteiger partial charge in [0.15, 0.2) is 6.17 Å². The van der Waals surface area contributed by atoms with Crippen molar-refractivity contribution in [2.24, 2.45) is 0 Å². The Morgan fingerprint density at radius 3 is 1.85 bits per heavy atom. The van der Waals surface area contributed by atoms with Crippen LogP contribution in [0.25, 0.3) is 0 Å². The van der Waals surface area contributed by atoms with Crippen LogP contribution in [0.3, 0.4) is 0 Å². The zero-order valence-electron chi connectivity index (χ0n) is 6.68. The summed E-state index contributed by atoms with van der Waals surface area (Å²) in [4.78, 5) is 0. The molecule has 0 bridgehead atoms. The molecule has 1 aromatic rings. The van der Waals surface area contributed by atoms with E-state index < -0.39 is 12.6 Å². The van der Waals surface area contributed by atoms with Gasteiger partial charge in [-0.05, 0) is 17.7 Å². The average molecular weight is 212 g/mol. The van der Waals surface area contributed by atoms with Gasteiger partial charge in [-0.1, -0.05) is 23.7 Å². The van der Waals surface area contributed by atoms with Crippen molar-refractivity contribution in [3.05, 3.63) is 34.9 Å². The summed E-state index contributed by atoms with van der Waals surface area (Å²) in [6, 6.07) is 5.26. The van der Waals surface area contributed by atoms with Crippen molar-refractivity contribution in [2.45, 2.75) is 12.6 Å². The summed E-state index contributed by atoms with van der Waals surface area (Å²) in [5, 5.41) is 0.403. The summed E-state index contributed by atoms with van der Waals surface area (Å²) >= 11 is 5.49. The van der Waals surface area contributed by atoms with E-state index in [1.54, 1.807) is 0 Å². The molecular weight excluding hydrogens is 203 g/mol. The third-order valence-corrected chi connectivity index (χ3v) is 1.66. The minimum absolute atomic E-state index is 0. The Hall–Kier alpha value is -0.740. The van der Waals surface area contributed by atoms with Crippen LogP contribution in [0.1, 0.15) is 11.7 Å². The van der Waals surface area contributed by atoms with E-state index in [0.29, 0.717) is 5.02 Å². The summed E-state index contributed by atoms with van der Waals surface area (Å²) in [6.45, 7) is 0. The van der Waals surface area contributed by atoms with E-state index in [4.69, 9.17) is 11.6 Å². The van der Waals surface area contributed by atoms with Crippen molar-refractivity contribution in [1.82, 2.24) is 6.15 Å². The normalized spacial score (nSPS) is 12.4. The van der Waals surface area contributed by atoms with Crippen LogP contribution in [-0.2, 0) is 0 Å². The van der Waals surface area contributed by atoms with E-state index in [-0.39, 0.29) is 11.7 Å². The summed E-state index contributed by atoms with van der Waals surface area (Å²) in [5.74, 6) is 0. The first-order valence-electron chi connectivity index (χ1n) is 3.29. The molecule has 0 aliphatic rings. The Morgan fingerprint density at radius 1 is 1.00 bits per heavy atom. The topological polar surface area (TPSA) is 35.0 Å². The van der Waals surface area contributed by atoms with Gasteiger partial charge in [-0.25, -0.2) is 13.2 Å². The maximum atomic E-state index is 12.6. The fourth-order valence-corrected chi connectivity index (χ4v) is 0.918. The molecule has 5 heteroatoms. The number of benzene rings is 1. The number of halogens is 4. The van der Waals surface area contributed by atoms with Gasteiger partial charge in [0.1, 0.15) is 0 Å². The van der Waals surface area contributed by atoms with Gasteiger partial charge < -0.3 is 6.15 Å². The van der Waals surface area contributed by atoms with E-state index in [1.165, 1.54) is 24.3 Å². The lowest BCUT2D eigenvalue weighted by Gasteiger charge is -2.06. The summed E-state index contributed by atoms with van der Waals surface area (Å²) in [7, 11) is 0. The van der Waals surface area contributed by atoms with Gasteiger partial charge in [-0.15, -0.1) is 0 Å². The molecular formula is C8H9ClF3N. The predicted molar refractivity (Wildman–Crippen MR) is 46.3 cm³/mol. The minimum Gasteiger partial charge on any atom is -0.344 e. The van der Waals surface area contributed by atoms with E-state index in [2.05, 4.69) is 0 Å². The number of alkyl halides is 3. The number of rotatable bonds is 2. The van der Waals surface area contributed by atoms with Crippen LogP contribution < -0.4 is 6.15 Å². The van der Waals surface area contributed by atoms with Crippen molar-refractivity contribution in [2.75, 3.05) is 0 Å². The van der Waals surface area contributed by atoms with Gasteiger partial charge in [0.25, 0.3) is 6.43 Å². The summed E-state index contributed by atoms with van der Waals surface area (Å²) in [6.07, 6.45) is -5.20. The smallest absolute Gasteiger partial charge is 0.273 e. The van der Waals surface area contributed by atoms with Crippen molar-refractivity contribution >= 4 is 11.6 Å². The maximum Gasteiger partial charge on any atom is 0.273 e. The molecule has 0 heterocycles. The molecule has 74 valence electrons. The van der Waals surface area contributed by atoms with Crippen LogP contribution in [0.5, 0.6) is 0 Å². The lowest BCUT2D eigenvalue weighted by molar-refractivity contribution is 0.0496. The highest BCUT2D eigenvalue weighted by molar-refractivity contribution is 6.30. The molecule has 1 nitrogen and oxygen atoms in total. The molecule has 1 rings (SSSR count). The molecule has 0 radical (unpaired) electrons. The van der Waals surface area contributed by atoms with Crippen molar-refractivity contribution < 1.29 is 13.2 Å². The Labute approximate surface area is 79.1 Å². The van der Waals surface area contributed by atoms with Gasteiger partial charge in [-0.2, -0.15) is 0 Å². The Balaban J connectivity index is 0.00000144. The molecule has 0 unspecified atom stereocenters. The second kappa shape index (κ2) is 5.09. The molecule has 0 saturated carbocycles. The van der Waals surface area contributed by atoms with Gasteiger partial charge >= 0.3 is 0 Å². The molecule has 3 N–H and O–H groups in total. The quantitative estimate of drug-likeness (QED) is 0.794. The summed E-state index contributed by atoms with van der Waals surface area (Å²) in [5.41, 5.74) is -0.0469. The second-order valence-corrected chi connectivity index (χ2v) is 2.72.